The maximum absolute atomic E-state index is 12.4. The summed E-state index contributed by atoms with van der Waals surface area (Å²) in [6.07, 6.45) is 1.79. The van der Waals surface area contributed by atoms with Crippen LogP contribution in [0.3, 0.4) is 0 Å². The number of aliphatic hydroxyl groups excluding tert-OH is 1. The Morgan fingerprint density at radius 2 is 2.33 bits per heavy atom. The van der Waals surface area contributed by atoms with Gasteiger partial charge in [-0.15, -0.1) is 11.8 Å². The summed E-state index contributed by atoms with van der Waals surface area (Å²) >= 11 is 7.72. The molecule has 116 valence electrons. The van der Waals surface area contributed by atoms with E-state index in [1.54, 1.807) is 22.7 Å². The van der Waals surface area contributed by atoms with Crippen molar-refractivity contribution in [2.24, 2.45) is 0 Å². The summed E-state index contributed by atoms with van der Waals surface area (Å²) in [4.78, 5) is 15.1. The molecule has 1 aliphatic rings. The molecular weight excluding hydrogens is 308 g/mol. The number of hydrogen-bond donors (Lipinski definition) is 2. The lowest BCUT2D eigenvalue weighted by Gasteiger charge is -2.24. The topological polar surface area (TPSA) is 52.6 Å². The molecule has 1 atom stereocenters. The minimum absolute atomic E-state index is 0.0105. The van der Waals surface area contributed by atoms with Gasteiger partial charge in [-0.1, -0.05) is 25.4 Å². The normalized spacial score (nSPS) is 18.3. The zero-order chi connectivity index (χ0) is 15.4. The summed E-state index contributed by atoms with van der Waals surface area (Å²) in [6, 6.07) is 5.28. The highest BCUT2D eigenvalue weighted by atomic mass is 35.5. The quantitative estimate of drug-likeness (QED) is 0.826. The van der Waals surface area contributed by atoms with Gasteiger partial charge in [-0.05, 0) is 31.0 Å². The van der Waals surface area contributed by atoms with Crippen LogP contribution in [-0.4, -0.2) is 40.5 Å². The van der Waals surface area contributed by atoms with E-state index in [-0.39, 0.29) is 18.7 Å². The van der Waals surface area contributed by atoms with Crippen LogP contribution < -0.4 is 5.32 Å². The van der Waals surface area contributed by atoms with Crippen molar-refractivity contribution in [3.8, 4) is 0 Å². The van der Waals surface area contributed by atoms with E-state index >= 15 is 0 Å². The molecular formula is C15H21ClN2O2S. The molecule has 0 aliphatic carbocycles. The van der Waals surface area contributed by atoms with Gasteiger partial charge in [-0.3, -0.25) is 0 Å². The van der Waals surface area contributed by atoms with Crippen LogP contribution in [0.4, 0.5) is 10.5 Å². The number of carbonyl (C=O) groups excluding carboxylic acids is 1. The molecule has 1 fully saturated rings. The fourth-order valence-electron chi connectivity index (χ4n) is 2.44. The molecule has 1 aromatic carbocycles. The Bertz CT molecular complexity index is 510. The molecule has 0 radical (unpaired) electrons. The molecule has 1 saturated heterocycles. The van der Waals surface area contributed by atoms with Crippen LogP contribution in [0.1, 0.15) is 26.7 Å². The van der Waals surface area contributed by atoms with Crippen LogP contribution in [0, 0.1) is 0 Å². The molecule has 1 heterocycles. The van der Waals surface area contributed by atoms with Gasteiger partial charge in [-0.25, -0.2) is 4.79 Å². The highest BCUT2D eigenvalue weighted by Crippen LogP contribution is 2.33. The number of nitrogens with zero attached hydrogens (tertiary/aromatic N) is 1. The molecule has 6 heteroatoms. The number of urea groups is 1. The van der Waals surface area contributed by atoms with E-state index < -0.39 is 0 Å². The predicted octanol–water partition coefficient (Wildman–Crippen LogP) is 3.83. The largest absolute Gasteiger partial charge is 0.394 e. The molecule has 1 aromatic rings. The minimum Gasteiger partial charge on any atom is -0.394 e. The monoisotopic (exact) mass is 328 g/mol. The van der Waals surface area contributed by atoms with Crippen LogP contribution in [0.5, 0.6) is 0 Å². The van der Waals surface area contributed by atoms with E-state index in [0.29, 0.717) is 16.8 Å². The zero-order valence-electron chi connectivity index (χ0n) is 12.3. The van der Waals surface area contributed by atoms with Gasteiger partial charge in [0.05, 0.1) is 18.3 Å². The average Bonchev–Trinajstić information content (AvgIpc) is 2.90. The Kier molecular flexibility index (Phi) is 5.79. The number of amides is 2. The van der Waals surface area contributed by atoms with Gasteiger partial charge < -0.3 is 15.3 Å². The molecule has 21 heavy (non-hydrogen) atoms. The number of likely N-dealkylation sites (tertiary alicyclic amines) is 1. The standard InChI is InChI=1S/C15H21ClN2O2S/c1-10(2)21-14-6-5-11(16)8-13(14)17-15(20)18-7-3-4-12(18)9-19/h5-6,8,10,12,19H,3-4,7,9H2,1-2H3,(H,17,20)/t12-/m0/s1. The molecule has 0 saturated carbocycles. The van der Waals surface area contributed by atoms with Crippen molar-refractivity contribution in [1.82, 2.24) is 4.90 Å². The minimum atomic E-state index is -0.167. The molecule has 0 aromatic heterocycles. The van der Waals surface area contributed by atoms with Crippen LogP contribution in [-0.2, 0) is 0 Å². The van der Waals surface area contributed by atoms with E-state index in [1.165, 1.54) is 0 Å². The molecule has 2 rings (SSSR count). The van der Waals surface area contributed by atoms with Gasteiger partial charge in [0.15, 0.2) is 0 Å². The Morgan fingerprint density at radius 1 is 1.57 bits per heavy atom. The van der Waals surface area contributed by atoms with Gasteiger partial charge in [0.2, 0.25) is 0 Å². The Hall–Kier alpha value is -0.910. The number of halogens is 1. The lowest BCUT2D eigenvalue weighted by atomic mass is 10.2. The van der Waals surface area contributed by atoms with Crippen molar-refractivity contribution in [2.75, 3.05) is 18.5 Å². The van der Waals surface area contributed by atoms with Crippen molar-refractivity contribution < 1.29 is 9.90 Å². The smallest absolute Gasteiger partial charge is 0.322 e. The first-order valence-electron chi connectivity index (χ1n) is 7.16. The lowest BCUT2D eigenvalue weighted by molar-refractivity contribution is 0.166. The van der Waals surface area contributed by atoms with Crippen LogP contribution in [0.25, 0.3) is 0 Å². The van der Waals surface area contributed by atoms with E-state index in [9.17, 15) is 9.90 Å². The number of aliphatic hydroxyl groups is 1. The second-order valence-electron chi connectivity index (χ2n) is 5.41. The molecule has 2 amide bonds. The Labute approximate surface area is 134 Å². The fraction of sp³-hybridized carbons (Fsp3) is 0.533. The highest BCUT2D eigenvalue weighted by Gasteiger charge is 2.28. The molecule has 0 bridgehead atoms. The van der Waals surface area contributed by atoms with Crippen molar-refractivity contribution in [1.29, 1.82) is 0 Å². The summed E-state index contributed by atoms with van der Waals surface area (Å²) in [5.74, 6) is 0. The number of rotatable bonds is 4. The van der Waals surface area contributed by atoms with E-state index in [4.69, 9.17) is 11.6 Å². The molecule has 2 N–H and O–H groups in total. The Morgan fingerprint density at radius 3 is 3.00 bits per heavy atom. The van der Waals surface area contributed by atoms with Crippen molar-refractivity contribution >= 4 is 35.1 Å². The highest BCUT2D eigenvalue weighted by molar-refractivity contribution is 8.00. The van der Waals surface area contributed by atoms with Gasteiger partial charge >= 0.3 is 6.03 Å². The number of hydrogen-bond acceptors (Lipinski definition) is 3. The zero-order valence-corrected chi connectivity index (χ0v) is 13.9. The van der Waals surface area contributed by atoms with Crippen LogP contribution in [0.2, 0.25) is 5.02 Å². The number of anilines is 1. The second kappa shape index (κ2) is 7.38. The predicted molar refractivity (Wildman–Crippen MR) is 88.3 cm³/mol. The number of benzene rings is 1. The van der Waals surface area contributed by atoms with Crippen LogP contribution >= 0.6 is 23.4 Å². The number of carbonyl (C=O) groups is 1. The van der Waals surface area contributed by atoms with E-state index in [1.807, 2.05) is 12.1 Å². The fourth-order valence-corrected chi connectivity index (χ4v) is 3.50. The molecule has 0 unspecified atom stereocenters. The molecule has 1 aliphatic heterocycles. The summed E-state index contributed by atoms with van der Waals surface area (Å²) in [7, 11) is 0. The molecule has 4 nitrogen and oxygen atoms in total. The van der Waals surface area contributed by atoms with E-state index in [0.717, 1.165) is 23.4 Å². The third-order valence-corrected chi connectivity index (χ3v) is 4.71. The maximum Gasteiger partial charge on any atom is 0.322 e. The summed E-state index contributed by atoms with van der Waals surface area (Å²) < 4.78 is 0. The summed E-state index contributed by atoms with van der Waals surface area (Å²) in [6.45, 7) is 4.90. The maximum atomic E-state index is 12.4. The van der Waals surface area contributed by atoms with Crippen LogP contribution in [0.15, 0.2) is 23.1 Å². The van der Waals surface area contributed by atoms with Crippen molar-refractivity contribution in [3.63, 3.8) is 0 Å². The number of thioether (sulfide) groups is 1. The lowest BCUT2D eigenvalue weighted by Crippen LogP contribution is -2.40. The Balaban J connectivity index is 2.14. The first-order valence-corrected chi connectivity index (χ1v) is 8.41. The first-order chi connectivity index (χ1) is 10.0. The van der Waals surface area contributed by atoms with Crippen molar-refractivity contribution in [2.45, 2.75) is 42.9 Å². The molecule has 0 spiro atoms. The average molecular weight is 329 g/mol. The van der Waals surface area contributed by atoms with E-state index in [2.05, 4.69) is 19.2 Å². The summed E-state index contributed by atoms with van der Waals surface area (Å²) in [5, 5.41) is 13.3. The SMILES string of the molecule is CC(C)Sc1ccc(Cl)cc1NC(=O)N1CCC[C@H]1CO. The summed E-state index contributed by atoms with van der Waals surface area (Å²) in [5.41, 5.74) is 0.731. The second-order valence-corrected chi connectivity index (χ2v) is 7.46. The third-order valence-electron chi connectivity index (χ3n) is 3.39. The number of nitrogens with one attached hydrogen (secondary N) is 1. The van der Waals surface area contributed by atoms with Crippen molar-refractivity contribution in [3.05, 3.63) is 23.2 Å². The third kappa shape index (κ3) is 4.28. The van der Waals surface area contributed by atoms with Gasteiger partial charge in [0, 0.05) is 21.7 Å². The van der Waals surface area contributed by atoms with Gasteiger partial charge in [0.25, 0.3) is 0 Å². The first kappa shape index (κ1) is 16.5. The van der Waals surface area contributed by atoms with Gasteiger partial charge in [-0.2, -0.15) is 0 Å². The van der Waals surface area contributed by atoms with Gasteiger partial charge in [0.1, 0.15) is 0 Å².